The van der Waals surface area contributed by atoms with Gasteiger partial charge in [-0.1, -0.05) is 38.1 Å². The van der Waals surface area contributed by atoms with Gasteiger partial charge in [-0.25, -0.2) is 0 Å². The van der Waals surface area contributed by atoms with Crippen molar-refractivity contribution in [3.8, 4) is 0 Å². The van der Waals surface area contributed by atoms with Crippen LogP contribution in [0.4, 0.5) is 0 Å². The van der Waals surface area contributed by atoms with Crippen LogP contribution in [0.1, 0.15) is 31.4 Å². The normalized spacial score (nSPS) is 19.5. The van der Waals surface area contributed by atoms with E-state index in [1.807, 2.05) is 12.1 Å². The molecule has 2 atom stereocenters. The van der Waals surface area contributed by atoms with Crippen LogP contribution in [-0.4, -0.2) is 29.7 Å². The van der Waals surface area contributed by atoms with Crippen molar-refractivity contribution in [3.05, 3.63) is 35.4 Å². The predicted molar refractivity (Wildman–Crippen MR) is 79.2 cm³/mol. The SMILES string of the molecule is CC(C)C(CCO)NC(=O)[C@H]1Cc2ccccc2CN1. The molecule has 1 aliphatic rings. The van der Waals surface area contributed by atoms with Crippen LogP contribution in [0.5, 0.6) is 0 Å². The molecule has 0 spiro atoms. The number of carbonyl (C=O) groups excluding carboxylic acids is 1. The predicted octanol–water partition coefficient (Wildman–Crippen LogP) is 1.22. The minimum atomic E-state index is -0.176. The van der Waals surface area contributed by atoms with Crippen LogP contribution in [0.15, 0.2) is 24.3 Å². The number of hydrogen-bond donors (Lipinski definition) is 3. The number of nitrogens with one attached hydrogen (secondary N) is 2. The molecule has 0 aromatic heterocycles. The van der Waals surface area contributed by atoms with E-state index in [-0.39, 0.29) is 24.6 Å². The summed E-state index contributed by atoms with van der Waals surface area (Å²) in [5.74, 6) is 0.355. The van der Waals surface area contributed by atoms with Crippen LogP contribution in [-0.2, 0) is 17.8 Å². The van der Waals surface area contributed by atoms with Crippen LogP contribution in [0.25, 0.3) is 0 Å². The van der Waals surface area contributed by atoms with E-state index in [2.05, 4.69) is 36.6 Å². The third-order valence-corrected chi connectivity index (χ3v) is 3.97. The Morgan fingerprint density at radius 1 is 1.40 bits per heavy atom. The molecule has 1 heterocycles. The van der Waals surface area contributed by atoms with Crippen molar-refractivity contribution in [1.82, 2.24) is 10.6 Å². The molecule has 2 rings (SSSR count). The number of benzene rings is 1. The van der Waals surface area contributed by atoms with Crippen LogP contribution in [0, 0.1) is 5.92 Å². The van der Waals surface area contributed by atoms with E-state index in [9.17, 15) is 4.79 Å². The number of fused-ring (bicyclic) bond motifs is 1. The lowest BCUT2D eigenvalue weighted by molar-refractivity contribution is -0.124. The summed E-state index contributed by atoms with van der Waals surface area (Å²) in [4.78, 5) is 12.3. The Morgan fingerprint density at radius 3 is 2.75 bits per heavy atom. The molecule has 110 valence electrons. The highest BCUT2D eigenvalue weighted by Crippen LogP contribution is 2.16. The maximum absolute atomic E-state index is 12.3. The van der Waals surface area contributed by atoms with Gasteiger partial charge in [0.25, 0.3) is 0 Å². The average Bonchev–Trinajstić information content (AvgIpc) is 2.46. The number of aliphatic hydroxyl groups is 1. The molecule has 4 heteroatoms. The first kappa shape index (κ1) is 15.0. The monoisotopic (exact) mass is 276 g/mol. The molecule has 3 N–H and O–H groups in total. The van der Waals surface area contributed by atoms with Gasteiger partial charge in [0.05, 0.1) is 6.04 Å². The Hall–Kier alpha value is -1.39. The Bertz CT molecular complexity index is 460. The Balaban J connectivity index is 1.97. The Morgan fingerprint density at radius 2 is 2.10 bits per heavy atom. The summed E-state index contributed by atoms with van der Waals surface area (Å²) in [6.07, 6.45) is 1.33. The second-order valence-electron chi connectivity index (χ2n) is 5.78. The second kappa shape index (κ2) is 6.86. The maximum Gasteiger partial charge on any atom is 0.237 e. The number of hydrogen-bond acceptors (Lipinski definition) is 3. The van der Waals surface area contributed by atoms with Gasteiger partial charge in [-0.2, -0.15) is 0 Å². The molecule has 1 unspecified atom stereocenters. The molecule has 1 aromatic carbocycles. The molecule has 0 bridgehead atoms. The van der Waals surface area contributed by atoms with E-state index in [0.29, 0.717) is 12.3 Å². The lowest BCUT2D eigenvalue weighted by Crippen LogP contribution is -2.51. The van der Waals surface area contributed by atoms with Gasteiger partial charge < -0.3 is 15.7 Å². The summed E-state index contributed by atoms with van der Waals surface area (Å²) in [5, 5.41) is 15.4. The highest BCUT2D eigenvalue weighted by atomic mass is 16.3. The molecule has 0 radical (unpaired) electrons. The van der Waals surface area contributed by atoms with Crippen molar-refractivity contribution < 1.29 is 9.90 Å². The molecule has 0 saturated carbocycles. The minimum Gasteiger partial charge on any atom is -0.396 e. The minimum absolute atomic E-state index is 0.0338. The maximum atomic E-state index is 12.3. The largest absolute Gasteiger partial charge is 0.396 e. The summed E-state index contributed by atoms with van der Waals surface area (Å²) >= 11 is 0. The van der Waals surface area contributed by atoms with Crippen molar-refractivity contribution in [2.75, 3.05) is 6.61 Å². The van der Waals surface area contributed by atoms with Crippen LogP contribution in [0.3, 0.4) is 0 Å². The standard InChI is InChI=1S/C16H24N2O2/c1-11(2)14(7-8-19)18-16(20)15-9-12-5-3-4-6-13(12)10-17-15/h3-6,11,14-15,17,19H,7-10H2,1-2H3,(H,18,20)/t14?,15-/m1/s1. The van der Waals surface area contributed by atoms with Crippen molar-refractivity contribution in [1.29, 1.82) is 0 Å². The second-order valence-corrected chi connectivity index (χ2v) is 5.78. The van der Waals surface area contributed by atoms with Crippen molar-refractivity contribution in [2.24, 2.45) is 5.92 Å². The molecular formula is C16H24N2O2. The highest BCUT2D eigenvalue weighted by molar-refractivity contribution is 5.82. The number of aliphatic hydroxyl groups excluding tert-OH is 1. The summed E-state index contributed by atoms with van der Waals surface area (Å²) in [7, 11) is 0. The summed E-state index contributed by atoms with van der Waals surface area (Å²) < 4.78 is 0. The van der Waals surface area contributed by atoms with Gasteiger partial charge >= 0.3 is 0 Å². The van der Waals surface area contributed by atoms with Crippen LogP contribution >= 0.6 is 0 Å². The number of rotatable bonds is 5. The zero-order valence-corrected chi connectivity index (χ0v) is 12.2. The lowest BCUT2D eigenvalue weighted by Gasteiger charge is -2.28. The van der Waals surface area contributed by atoms with Gasteiger partial charge in [-0.3, -0.25) is 4.79 Å². The van der Waals surface area contributed by atoms with E-state index in [1.165, 1.54) is 11.1 Å². The Labute approximate surface area is 120 Å². The average molecular weight is 276 g/mol. The smallest absolute Gasteiger partial charge is 0.237 e. The quantitative estimate of drug-likeness (QED) is 0.758. The van der Waals surface area contributed by atoms with Gasteiger partial charge in [0, 0.05) is 19.2 Å². The van der Waals surface area contributed by atoms with Crippen molar-refractivity contribution >= 4 is 5.91 Å². The van der Waals surface area contributed by atoms with Gasteiger partial charge in [-0.05, 0) is 29.9 Å². The van der Waals surface area contributed by atoms with E-state index in [0.717, 1.165) is 13.0 Å². The first-order valence-corrected chi connectivity index (χ1v) is 7.33. The van der Waals surface area contributed by atoms with Gasteiger partial charge in [-0.15, -0.1) is 0 Å². The zero-order valence-electron chi connectivity index (χ0n) is 12.2. The molecule has 0 saturated heterocycles. The molecule has 4 nitrogen and oxygen atoms in total. The molecule has 0 fully saturated rings. The number of carbonyl (C=O) groups is 1. The fourth-order valence-electron chi connectivity index (χ4n) is 2.63. The fraction of sp³-hybridized carbons (Fsp3) is 0.562. The molecule has 1 amide bonds. The Kier molecular flexibility index (Phi) is 5.15. The molecule has 20 heavy (non-hydrogen) atoms. The first-order valence-electron chi connectivity index (χ1n) is 7.33. The van der Waals surface area contributed by atoms with E-state index in [1.54, 1.807) is 0 Å². The fourth-order valence-corrected chi connectivity index (χ4v) is 2.63. The van der Waals surface area contributed by atoms with Gasteiger partial charge in [0.15, 0.2) is 0 Å². The molecule has 0 aliphatic carbocycles. The molecule has 1 aromatic rings. The third kappa shape index (κ3) is 3.58. The van der Waals surface area contributed by atoms with E-state index in [4.69, 9.17) is 5.11 Å². The topological polar surface area (TPSA) is 61.4 Å². The van der Waals surface area contributed by atoms with Gasteiger partial charge in [0.1, 0.15) is 0 Å². The molecule has 1 aliphatic heterocycles. The van der Waals surface area contributed by atoms with E-state index >= 15 is 0 Å². The van der Waals surface area contributed by atoms with Crippen molar-refractivity contribution in [2.45, 2.75) is 45.3 Å². The van der Waals surface area contributed by atoms with E-state index < -0.39 is 0 Å². The highest BCUT2D eigenvalue weighted by Gasteiger charge is 2.26. The number of amides is 1. The summed E-state index contributed by atoms with van der Waals surface area (Å²) in [6.45, 7) is 4.96. The van der Waals surface area contributed by atoms with Gasteiger partial charge in [0.2, 0.25) is 5.91 Å². The van der Waals surface area contributed by atoms with Crippen LogP contribution < -0.4 is 10.6 Å². The third-order valence-electron chi connectivity index (χ3n) is 3.97. The molecular weight excluding hydrogens is 252 g/mol. The summed E-state index contributed by atoms with van der Waals surface area (Å²) in [6, 6.07) is 8.08. The lowest BCUT2D eigenvalue weighted by atomic mass is 9.94. The van der Waals surface area contributed by atoms with Crippen LogP contribution in [0.2, 0.25) is 0 Å². The van der Waals surface area contributed by atoms with Crippen molar-refractivity contribution in [3.63, 3.8) is 0 Å². The summed E-state index contributed by atoms with van der Waals surface area (Å²) in [5.41, 5.74) is 2.52. The first-order chi connectivity index (χ1) is 9.61. The zero-order chi connectivity index (χ0) is 14.5.